The van der Waals surface area contributed by atoms with E-state index in [2.05, 4.69) is 26.1 Å². The number of nitrogens with two attached hydrogens (primary N) is 1. The predicted octanol–water partition coefficient (Wildman–Crippen LogP) is 3.53. The first kappa shape index (κ1) is 33.4. The lowest BCUT2D eigenvalue weighted by Crippen LogP contribution is -2.65. The summed E-state index contributed by atoms with van der Waals surface area (Å²) in [6, 6.07) is 8.62. The van der Waals surface area contributed by atoms with Gasteiger partial charge in [-0.1, -0.05) is 39.0 Å². The van der Waals surface area contributed by atoms with Gasteiger partial charge in [0.2, 0.25) is 5.78 Å². The number of amides is 1. The second-order valence-electron chi connectivity index (χ2n) is 13.7. The van der Waals surface area contributed by atoms with Crippen LogP contribution in [0.2, 0.25) is 0 Å². The highest BCUT2D eigenvalue weighted by molar-refractivity contribution is 8.00. The number of Topliss-reactive ketones (excluding diaryl/α,β-unsaturated/α-hetero) is 2. The fourth-order valence-corrected chi connectivity index (χ4v) is 8.17. The van der Waals surface area contributed by atoms with Crippen molar-refractivity contribution in [2.45, 2.75) is 61.4 Å². The average Bonchev–Trinajstić information content (AvgIpc) is 2.94. The van der Waals surface area contributed by atoms with Crippen LogP contribution in [0, 0.1) is 11.8 Å². The molecule has 5 rings (SSSR count). The molecule has 1 fully saturated rings. The molecule has 11 nitrogen and oxygen atoms in total. The Kier molecular flexibility index (Phi) is 8.46. The zero-order valence-electron chi connectivity index (χ0n) is 27.1. The minimum absolute atomic E-state index is 0.0215. The summed E-state index contributed by atoms with van der Waals surface area (Å²) in [5, 5.41) is 49.7. The molecule has 7 N–H and O–H groups in total. The number of hydrogen-bond donors (Lipinski definition) is 6. The quantitative estimate of drug-likeness (QED) is 0.147. The molecule has 0 radical (unpaired) electrons. The molecule has 0 heterocycles. The van der Waals surface area contributed by atoms with Gasteiger partial charge in [0, 0.05) is 47.5 Å². The minimum Gasteiger partial charge on any atom is -0.508 e. The fraction of sp³-hybridized carbons (Fsp3) is 0.441. The molecule has 0 spiro atoms. The number of anilines is 2. The van der Waals surface area contributed by atoms with Gasteiger partial charge in [-0.3, -0.25) is 19.3 Å². The summed E-state index contributed by atoms with van der Waals surface area (Å²) in [5.41, 5.74) is 4.41. The number of rotatable bonds is 7. The molecule has 1 amide bonds. The molecule has 3 aliphatic rings. The summed E-state index contributed by atoms with van der Waals surface area (Å²) in [6.07, 6.45) is 0.239. The SMILES string of the molecule is CN(C)c1cc(NCc2ccccc2SC(C)(C)C)c(O)c2c1C[C@H]1C[C@H]3[C@H](N(C)C)C(=O)C(C(N)=O)=C(O)[C@]3(O)C(=O)C1=C2O. The number of phenolic OH excluding ortho intramolecular Hbond substituents is 1. The molecule has 0 saturated heterocycles. The van der Waals surface area contributed by atoms with Crippen LogP contribution in [0.3, 0.4) is 0 Å². The maximum atomic E-state index is 14.2. The van der Waals surface area contributed by atoms with Gasteiger partial charge < -0.3 is 36.4 Å². The molecule has 12 heteroatoms. The highest BCUT2D eigenvalue weighted by Gasteiger charge is 2.64. The average molecular weight is 651 g/mol. The van der Waals surface area contributed by atoms with Gasteiger partial charge >= 0.3 is 0 Å². The van der Waals surface area contributed by atoms with E-state index in [1.165, 1.54) is 4.90 Å². The summed E-state index contributed by atoms with van der Waals surface area (Å²) in [4.78, 5) is 44.2. The second-order valence-corrected chi connectivity index (χ2v) is 15.5. The molecule has 0 aromatic heterocycles. The molecule has 2 aromatic carbocycles. The number of carbonyl (C=O) groups is 3. The summed E-state index contributed by atoms with van der Waals surface area (Å²) in [5.74, 6) is -6.77. The standard InChI is InChI=1S/C34H42N4O7S/c1-33(2,3)46-22-11-9-8-10-16(22)15-36-20-14-21(37(4)5)18-12-17-13-19-26(38(6)7)29(41)25(32(35)44)31(43)34(19,45)30(42)23(17)28(40)24(18)27(20)39/h8-11,14,17,19,26,36,39-40,43,45H,12-13,15H2,1-7H3,(H2,35,44)/t17-,19-,26-,34+/m0/s1. The van der Waals surface area contributed by atoms with Crippen molar-refractivity contribution in [2.24, 2.45) is 17.6 Å². The molecule has 3 aliphatic carbocycles. The lowest BCUT2D eigenvalue weighted by Gasteiger charge is -2.50. The number of thioether (sulfide) groups is 1. The van der Waals surface area contributed by atoms with E-state index >= 15 is 0 Å². The first-order valence-electron chi connectivity index (χ1n) is 15.1. The Bertz CT molecular complexity index is 1710. The van der Waals surface area contributed by atoms with E-state index in [9.17, 15) is 34.8 Å². The van der Waals surface area contributed by atoms with E-state index in [-0.39, 0.29) is 34.5 Å². The maximum Gasteiger partial charge on any atom is 0.255 e. The van der Waals surface area contributed by atoms with Gasteiger partial charge in [0.25, 0.3) is 5.91 Å². The Labute approximate surface area is 272 Å². The highest BCUT2D eigenvalue weighted by atomic mass is 32.2. The Morgan fingerprint density at radius 1 is 1.11 bits per heavy atom. The van der Waals surface area contributed by atoms with Crippen molar-refractivity contribution < 1.29 is 34.8 Å². The third-order valence-electron chi connectivity index (χ3n) is 9.04. The molecule has 1 saturated carbocycles. The molecule has 2 aromatic rings. The number of aliphatic hydroxyl groups is 3. The van der Waals surface area contributed by atoms with E-state index in [4.69, 9.17) is 5.73 Å². The van der Waals surface area contributed by atoms with Crippen molar-refractivity contribution in [1.82, 2.24) is 4.90 Å². The Morgan fingerprint density at radius 3 is 2.35 bits per heavy atom. The normalized spacial score (nSPS) is 24.5. The minimum atomic E-state index is -2.69. The van der Waals surface area contributed by atoms with E-state index < -0.39 is 58.0 Å². The van der Waals surface area contributed by atoms with E-state index in [1.54, 1.807) is 31.9 Å². The number of benzene rings is 2. The maximum absolute atomic E-state index is 14.2. The third kappa shape index (κ3) is 5.31. The number of nitrogens with one attached hydrogen (secondary N) is 1. The van der Waals surface area contributed by atoms with Crippen LogP contribution < -0.4 is 16.0 Å². The van der Waals surface area contributed by atoms with E-state index in [0.717, 1.165) is 10.5 Å². The zero-order chi connectivity index (χ0) is 34.0. The first-order valence-corrected chi connectivity index (χ1v) is 15.9. The molecular weight excluding hydrogens is 608 g/mol. The van der Waals surface area contributed by atoms with Crippen LogP contribution >= 0.6 is 11.8 Å². The number of nitrogens with zero attached hydrogens (tertiary/aromatic N) is 2. The number of carbonyl (C=O) groups excluding carboxylic acids is 3. The molecular formula is C34H42N4O7S. The van der Waals surface area contributed by atoms with E-state index in [1.807, 2.05) is 43.3 Å². The van der Waals surface area contributed by atoms with Crippen LogP contribution in [0.5, 0.6) is 5.75 Å². The van der Waals surface area contributed by atoms with Crippen LogP contribution in [0.25, 0.3) is 5.76 Å². The summed E-state index contributed by atoms with van der Waals surface area (Å²) >= 11 is 1.73. The number of primary amides is 1. The Hall–Kier alpha value is -4.00. The number of likely N-dealkylation sites (N-methyl/N-ethyl adjacent to an activating group) is 1. The van der Waals surface area contributed by atoms with Crippen LogP contribution in [0.1, 0.15) is 43.9 Å². The van der Waals surface area contributed by atoms with Crippen LogP contribution in [0.4, 0.5) is 11.4 Å². The van der Waals surface area contributed by atoms with Gasteiger partial charge in [-0.05, 0) is 56.1 Å². The molecule has 0 aliphatic heterocycles. The lowest BCUT2D eigenvalue weighted by molar-refractivity contribution is -0.153. The predicted molar refractivity (Wildman–Crippen MR) is 178 cm³/mol. The number of phenols is 1. The van der Waals surface area contributed by atoms with E-state index in [0.29, 0.717) is 23.5 Å². The monoisotopic (exact) mass is 650 g/mol. The van der Waals surface area contributed by atoms with Crippen molar-refractivity contribution in [3.8, 4) is 5.75 Å². The smallest absolute Gasteiger partial charge is 0.255 e. The Balaban J connectivity index is 1.63. The zero-order valence-corrected chi connectivity index (χ0v) is 28.0. The van der Waals surface area contributed by atoms with Crippen LogP contribution in [-0.2, 0) is 27.3 Å². The van der Waals surface area contributed by atoms with Crippen molar-refractivity contribution in [1.29, 1.82) is 0 Å². The van der Waals surface area contributed by atoms with Crippen molar-refractivity contribution >= 4 is 46.4 Å². The van der Waals surface area contributed by atoms with Crippen LogP contribution in [0.15, 0.2) is 52.1 Å². The number of aromatic hydroxyl groups is 1. The highest BCUT2D eigenvalue weighted by Crippen LogP contribution is 2.54. The number of aliphatic hydroxyl groups excluding tert-OH is 2. The first-order chi connectivity index (χ1) is 21.4. The number of hydrogen-bond acceptors (Lipinski definition) is 11. The van der Waals surface area contributed by atoms with Gasteiger partial charge in [0.15, 0.2) is 11.4 Å². The van der Waals surface area contributed by atoms with Gasteiger partial charge in [-0.15, -0.1) is 11.8 Å². The fourth-order valence-electron chi connectivity index (χ4n) is 7.10. The van der Waals surface area contributed by atoms with Gasteiger partial charge in [-0.2, -0.15) is 0 Å². The summed E-state index contributed by atoms with van der Waals surface area (Å²) in [7, 11) is 6.82. The number of ketones is 2. The lowest BCUT2D eigenvalue weighted by atomic mass is 9.57. The number of fused-ring (bicyclic) bond motifs is 3. The topological polar surface area (TPSA) is 177 Å². The molecule has 46 heavy (non-hydrogen) atoms. The summed E-state index contributed by atoms with van der Waals surface area (Å²) in [6.45, 7) is 6.76. The third-order valence-corrected chi connectivity index (χ3v) is 10.3. The molecule has 0 unspecified atom stereocenters. The second kappa shape index (κ2) is 11.7. The molecule has 246 valence electrons. The van der Waals surface area contributed by atoms with Crippen molar-refractivity contribution in [3.63, 3.8) is 0 Å². The van der Waals surface area contributed by atoms with Gasteiger partial charge in [0.1, 0.15) is 22.8 Å². The van der Waals surface area contributed by atoms with Crippen LogP contribution in [-0.4, -0.2) is 87.4 Å². The summed E-state index contributed by atoms with van der Waals surface area (Å²) < 4.78 is -0.0215. The van der Waals surface area contributed by atoms with Gasteiger partial charge in [-0.25, -0.2) is 0 Å². The van der Waals surface area contributed by atoms with Crippen molar-refractivity contribution in [2.75, 3.05) is 38.4 Å². The Morgan fingerprint density at radius 2 is 1.76 bits per heavy atom. The largest absolute Gasteiger partial charge is 0.508 e. The van der Waals surface area contributed by atoms with Gasteiger partial charge in [0.05, 0.1) is 17.3 Å². The molecule has 0 bridgehead atoms. The molecule has 4 atom stereocenters. The van der Waals surface area contributed by atoms with Crippen molar-refractivity contribution in [3.05, 3.63) is 63.9 Å².